The Labute approximate surface area is 192 Å². The van der Waals surface area contributed by atoms with Gasteiger partial charge in [0.15, 0.2) is 12.6 Å². The van der Waals surface area contributed by atoms with Gasteiger partial charge in [-0.1, -0.05) is 0 Å². The van der Waals surface area contributed by atoms with Gasteiger partial charge in [-0.2, -0.15) is 0 Å². The molecule has 3 fully saturated rings. The zero-order valence-corrected chi connectivity index (χ0v) is 19.3. The summed E-state index contributed by atoms with van der Waals surface area (Å²) in [5, 5.41) is 0. The fourth-order valence-corrected chi connectivity index (χ4v) is 4.60. The number of nitrogens with zero attached hydrogens (tertiary/aromatic N) is 2. The highest BCUT2D eigenvalue weighted by Crippen LogP contribution is 2.33. The van der Waals surface area contributed by atoms with E-state index in [1.54, 1.807) is 6.92 Å². The smallest absolute Gasteiger partial charge is 0.333 e. The first-order chi connectivity index (χ1) is 16.1. The molecule has 1 aromatic rings. The summed E-state index contributed by atoms with van der Waals surface area (Å²) in [5.74, 6) is 0. The van der Waals surface area contributed by atoms with Crippen molar-refractivity contribution >= 4 is 0 Å². The topological polar surface area (TPSA) is 90.2 Å². The molecule has 1 aromatic heterocycles. The number of hydrogen-bond acceptors (Lipinski definition) is 7. The van der Waals surface area contributed by atoms with Gasteiger partial charge in [-0.3, -0.25) is 18.3 Å². The highest BCUT2D eigenvalue weighted by atomic mass is 19.1. The van der Waals surface area contributed by atoms with E-state index in [1.165, 1.54) is 10.8 Å². The summed E-state index contributed by atoms with van der Waals surface area (Å²) >= 11 is 0. The van der Waals surface area contributed by atoms with Crippen LogP contribution in [0.15, 0.2) is 15.8 Å². The minimum atomic E-state index is -0.622. The summed E-state index contributed by atoms with van der Waals surface area (Å²) in [6, 6.07) is 0. The van der Waals surface area contributed by atoms with Crippen LogP contribution >= 0.6 is 0 Å². The van der Waals surface area contributed by atoms with Gasteiger partial charge in [-0.15, -0.1) is 0 Å². The summed E-state index contributed by atoms with van der Waals surface area (Å²) in [5.41, 5.74) is -0.505. The summed E-state index contributed by atoms with van der Waals surface area (Å²) < 4.78 is 45.1. The van der Waals surface area contributed by atoms with Gasteiger partial charge in [0.1, 0.15) is 12.3 Å². The second-order valence-corrected chi connectivity index (χ2v) is 8.97. The minimum Gasteiger partial charge on any atom is -0.353 e. The third-order valence-electron chi connectivity index (χ3n) is 6.42. The summed E-state index contributed by atoms with van der Waals surface area (Å²) in [7, 11) is 0. The van der Waals surface area contributed by atoms with E-state index in [0.29, 0.717) is 25.2 Å². The monoisotopic (exact) mass is 470 g/mol. The van der Waals surface area contributed by atoms with Crippen LogP contribution in [-0.2, 0) is 30.2 Å². The third-order valence-corrected chi connectivity index (χ3v) is 6.42. The maximum Gasteiger partial charge on any atom is 0.333 e. The van der Waals surface area contributed by atoms with Crippen LogP contribution in [0.3, 0.4) is 0 Å². The number of halogens is 1. The van der Waals surface area contributed by atoms with Crippen molar-refractivity contribution in [1.82, 2.24) is 9.13 Å². The maximum atomic E-state index is 13.1. The number of alkyl halides is 1. The molecule has 33 heavy (non-hydrogen) atoms. The Morgan fingerprint density at radius 2 is 1.82 bits per heavy atom. The SMILES string of the molecule is Cc1cn([C@H]2C[C@H](OC3CCCCO3)[C@@H](COC3CCCCO3)O2)c(=O)n(CCCF)c1=O. The van der Waals surface area contributed by atoms with Crippen LogP contribution in [0, 0.1) is 6.92 Å². The number of rotatable bonds is 9. The minimum absolute atomic E-state index is 0.0317. The number of aromatic nitrogens is 2. The maximum absolute atomic E-state index is 13.1. The molecular weight excluding hydrogens is 435 g/mol. The van der Waals surface area contributed by atoms with Gasteiger partial charge in [0, 0.05) is 37.9 Å². The quantitative estimate of drug-likeness (QED) is 0.548. The van der Waals surface area contributed by atoms with E-state index in [4.69, 9.17) is 23.7 Å². The molecule has 0 saturated carbocycles. The molecule has 2 unspecified atom stereocenters. The first-order valence-electron chi connectivity index (χ1n) is 12.1. The highest BCUT2D eigenvalue weighted by Gasteiger charge is 2.40. The molecule has 9 nitrogen and oxygen atoms in total. The predicted octanol–water partition coefficient (Wildman–Crippen LogP) is 2.42. The van der Waals surface area contributed by atoms with Crippen molar-refractivity contribution in [3.05, 3.63) is 32.6 Å². The summed E-state index contributed by atoms with van der Waals surface area (Å²) in [6.45, 7) is 2.70. The standard InChI is InChI=1S/C23H35FN2O7/c1-16-14-26(23(28)25(22(16)27)10-6-9-24)19-13-17(33-21-8-3-5-12-30-21)18(32-19)15-31-20-7-2-4-11-29-20/h14,17-21H,2-13,15H2,1H3/t17-,18+,19+,20?,21?/m0/s1. The zero-order chi connectivity index (χ0) is 23.2. The van der Waals surface area contributed by atoms with Gasteiger partial charge in [0.05, 0.1) is 19.4 Å². The lowest BCUT2D eigenvalue weighted by molar-refractivity contribution is -0.216. The Kier molecular flexibility index (Phi) is 8.70. The van der Waals surface area contributed by atoms with E-state index in [9.17, 15) is 14.0 Å². The van der Waals surface area contributed by atoms with Crippen LogP contribution in [0.5, 0.6) is 0 Å². The molecule has 0 radical (unpaired) electrons. The van der Waals surface area contributed by atoms with Crippen molar-refractivity contribution in [2.24, 2.45) is 0 Å². The van der Waals surface area contributed by atoms with Crippen molar-refractivity contribution in [2.75, 3.05) is 26.5 Å². The van der Waals surface area contributed by atoms with Crippen LogP contribution in [0.25, 0.3) is 0 Å². The molecular formula is C23H35FN2O7. The molecule has 4 heterocycles. The lowest BCUT2D eigenvalue weighted by Crippen LogP contribution is -2.42. The molecule has 3 aliphatic heterocycles. The molecule has 186 valence electrons. The van der Waals surface area contributed by atoms with Crippen LogP contribution in [0.2, 0.25) is 0 Å². The molecule has 0 amide bonds. The molecule has 0 bridgehead atoms. The Morgan fingerprint density at radius 3 is 2.48 bits per heavy atom. The third kappa shape index (κ3) is 6.10. The van der Waals surface area contributed by atoms with Crippen molar-refractivity contribution in [3.63, 3.8) is 0 Å². The lowest BCUT2D eigenvalue weighted by atomic mass is 10.1. The van der Waals surface area contributed by atoms with Crippen LogP contribution in [-0.4, -0.2) is 60.4 Å². The van der Waals surface area contributed by atoms with Crippen molar-refractivity contribution in [3.8, 4) is 0 Å². The molecule has 0 spiro atoms. The number of hydrogen-bond donors (Lipinski definition) is 0. The van der Waals surface area contributed by atoms with Crippen LogP contribution in [0.1, 0.15) is 63.2 Å². The van der Waals surface area contributed by atoms with Crippen molar-refractivity contribution in [2.45, 2.75) is 95.9 Å². The van der Waals surface area contributed by atoms with Crippen LogP contribution < -0.4 is 11.2 Å². The molecule has 4 rings (SSSR count). The van der Waals surface area contributed by atoms with E-state index >= 15 is 0 Å². The lowest BCUT2D eigenvalue weighted by Gasteiger charge is -2.29. The molecule has 3 saturated heterocycles. The largest absolute Gasteiger partial charge is 0.353 e. The predicted molar refractivity (Wildman–Crippen MR) is 117 cm³/mol. The zero-order valence-electron chi connectivity index (χ0n) is 19.3. The average molecular weight is 471 g/mol. The Balaban J connectivity index is 1.51. The molecule has 5 atom stereocenters. The molecule has 10 heteroatoms. The fraction of sp³-hybridized carbons (Fsp3) is 0.826. The van der Waals surface area contributed by atoms with Gasteiger partial charge >= 0.3 is 5.69 Å². The van der Waals surface area contributed by atoms with Gasteiger partial charge in [0.25, 0.3) is 5.56 Å². The summed E-state index contributed by atoms with van der Waals surface area (Å²) in [6.07, 6.45) is 5.90. The first kappa shape index (κ1) is 24.5. The van der Waals surface area contributed by atoms with E-state index in [1.807, 2.05) is 0 Å². The van der Waals surface area contributed by atoms with E-state index in [0.717, 1.165) is 43.1 Å². The van der Waals surface area contributed by atoms with Gasteiger partial charge in [-0.05, 0) is 51.9 Å². The second-order valence-electron chi connectivity index (χ2n) is 8.97. The number of aryl methyl sites for hydroxylation is 1. The second kappa shape index (κ2) is 11.7. The Morgan fingerprint density at radius 1 is 1.09 bits per heavy atom. The Bertz CT molecular complexity index is 877. The highest BCUT2D eigenvalue weighted by molar-refractivity contribution is 5.04. The van der Waals surface area contributed by atoms with E-state index in [-0.39, 0.29) is 38.3 Å². The normalized spacial score (nSPS) is 30.5. The van der Waals surface area contributed by atoms with E-state index in [2.05, 4.69) is 0 Å². The first-order valence-corrected chi connectivity index (χ1v) is 12.1. The molecule has 0 aliphatic carbocycles. The van der Waals surface area contributed by atoms with Crippen molar-refractivity contribution in [1.29, 1.82) is 0 Å². The van der Waals surface area contributed by atoms with Crippen molar-refractivity contribution < 1.29 is 28.1 Å². The average Bonchev–Trinajstić information content (AvgIpc) is 3.23. The fourth-order valence-electron chi connectivity index (χ4n) is 4.60. The molecule has 3 aliphatic rings. The number of ether oxygens (including phenoxy) is 5. The van der Waals surface area contributed by atoms with Crippen LogP contribution in [0.4, 0.5) is 4.39 Å². The van der Waals surface area contributed by atoms with Gasteiger partial charge < -0.3 is 23.7 Å². The molecule has 0 aromatic carbocycles. The van der Waals surface area contributed by atoms with E-state index < -0.39 is 30.3 Å². The summed E-state index contributed by atoms with van der Waals surface area (Å²) in [4.78, 5) is 25.5. The molecule has 0 N–H and O–H groups in total. The van der Waals surface area contributed by atoms with Gasteiger partial charge in [-0.25, -0.2) is 4.79 Å². The Hall–Kier alpha value is -1.59. The van der Waals surface area contributed by atoms with Gasteiger partial charge in [0.2, 0.25) is 0 Å².